The third-order valence-corrected chi connectivity index (χ3v) is 2.95. The highest BCUT2D eigenvalue weighted by Gasteiger charge is 2.28. The minimum absolute atomic E-state index is 0.0684. The Labute approximate surface area is 137 Å². The fourth-order valence-electron chi connectivity index (χ4n) is 1.80. The van der Waals surface area contributed by atoms with Crippen LogP contribution in [0.1, 0.15) is 6.92 Å². The molecule has 1 N–H and O–H groups in total. The molecule has 1 amide bonds. The topological polar surface area (TPSA) is 47.6 Å². The normalized spacial score (nSPS) is 12.3. The number of ether oxygens (including phenoxy) is 2. The predicted molar refractivity (Wildman–Crippen MR) is 83.2 cm³/mol. The van der Waals surface area contributed by atoms with Crippen molar-refractivity contribution in [2.45, 2.75) is 19.2 Å². The monoisotopic (exact) mass is 339 g/mol. The SMILES string of the molecule is CC(Oc1ccccc1)C(=O)Nc1ccc(OCC(F)(F)F)cc1. The van der Waals surface area contributed by atoms with Crippen LogP contribution >= 0.6 is 0 Å². The molecule has 2 aromatic carbocycles. The van der Waals surface area contributed by atoms with Gasteiger partial charge in [-0.15, -0.1) is 0 Å². The second-order valence-electron chi connectivity index (χ2n) is 4.99. The number of carbonyl (C=O) groups excluding carboxylic acids is 1. The maximum atomic E-state index is 12.1. The van der Waals surface area contributed by atoms with Crippen molar-refractivity contribution in [1.82, 2.24) is 0 Å². The molecule has 0 aliphatic heterocycles. The minimum Gasteiger partial charge on any atom is -0.484 e. The first-order valence-corrected chi connectivity index (χ1v) is 7.16. The fourth-order valence-corrected chi connectivity index (χ4v) is 1.80. The Morgan fingerprint density at radius 1 is 1.04 bits per heavy atom. The maximum Gasteiger partial charge on any atom is 0.422 e. The Balaban J connectivity index is 1.87. The third-order valence-electron chi connectivity index (χ3n) is 2.95. The summed E-state index contributed by atoms with van der Waals surface area (Å²) in [6, 6.07) is 14.5. The minimum atomic E-state index is -4.39. The molecule has 24 heavy (non-hydrogen) atoms. The molecule has 0 heterocycles. The number of benzene rings is 2. The van der Waals surface area contributed by atoms with Gasteiger partial charge in [-0.05, 0) is 43.3 Å². The molecule has 0 fully saturated rings. The van der Waals surface area contributed by atoms with Crippen molar-refractivity contribution in [2.75, 3.05) is 11.9 Å². The number of halogens is 3. The molecule has 1 atom stereocenters. The number of rotatable bonds is 6. The van der Waals surface area contributed by atoms with Crippen LogP contribution in [0.25, 0.3) is 0 Å². The van der Waals surface area contributed by atoms with E-state index in [9.17, 15) is 18.0 Å². The molecule has 0 aliphatic rings. The van der Waals surface area contributed by atoms with Crippen LogP contribution in [0, 0.1) is 0 Å². The van der Waals surface area contributed by atoms with Crippen molar-refractivity contribution >= 4 is 11.6 Å². The lowest BCUT2D eigenvalue weighted by Gasteiger charge is -2.15. The predicted octanol–water partition coefficient (Wildman–Crippen LogP) is 4.03. The molecule has 0 aromatic heterocycles. The molecule has 0 spiro atoms. The zero-order valence-corrected chi connectivity index (χ0v) is 12.8. The zero-order chi connectivity index (χ0) is 17.6. The van der Waals surface area contributed by atoms with Gasteiger partial charge in [0.15, 0.2) is 12.7 Å². The first-order chi connectivity index (χ1) is 11.3. The summed E-state index contributed by atoms with van der Waals surface area (Å²) in [5.74, 6) is 0.262. The lowest BCUT2D eigenvalue weighted by Crippen LogP contribution is -2.30. The number of nitrogens with one attached hydrogen (secondary N) is 1. The van der Waals surface area contributed by atoms with Crippen LogP contribution in [-0.2, 0) is 4.79 Å². The summed E-state index contributed by atoms with van der Waals surface area (Å²) in [5, 5.41) is 2.62. The molecule has 2 rings (SSSR count). The Morgan fingerprint density at radius 2 is 1.67 bits per heavy atom. The van der Waals surface area contributed by atoms with Crippen LogP contribution < -0.4 is 14.8 Å². The standard InChI is InChI=1S/C17H16F3NO3/c1-12(24-15-5-3-2-4-6-15)16(22)21-13-7-9-14(10-8-13)23-11-17(18,19)20/h2-10,12H,11H2,1H3,(H,21,22). The van der Waals surface area contributed by atoms with Crippen LogP contribution in [0.15, 0.2) is 54.6 Å². The zero-order valence-electron chi connectivity index (χ0n) is 12.8. The van der Waals surface area contributed by atoms with E-state index in [0.717, 1.165) is 0 Å². The van der Waals surface area contributed by atoms with E-state index >= 15 is 0 Å². The van der Waals surface area contributed by atoms with Crippen LogP contribution in [0.3, 0.4) is 0 Å². The average molecular weight is 339 g/mol. The first kappa shape index (κ1) is 17.7. The number of amides is 1. The molecule has 0 aliphatic carbocycles. The van der Waals surface area contributed by atoms with Crippen molar-refractivity contribution in [2.24, 2.45) is 0 Å². The largest absolute Gasteiger partial charge is 0.484 e. The Kier molecular flexibility index (Phi) is 5.68. The Hall–Kier alpha value is -2.70. The maximum absolute atomic E-state index is 12.1. The summed E-state index contributed by atoms with van der Waals surface area (Å²) in [6.07, 6.45) is -5.12. The van der Waals surface area contributed by atoms with E-state index in [-0.39, 0.29) is 11.7 Å². The third kappa shape index (κ3) is 5.83. The summed E-state index contributed by atoms with van der Waals surface area (Å²) in [4.78, 5) is 12.0. The molecule has 4 nitrogen and oxygen atoms in total. The van der Waals surface area contributed by atoms with E-state index in [1.165, 1.54) is 24.3 Å². The Bertz CT molecular complexity index is 657. The van der Waals surface area contributed by atoms with Crippen molar-refractivity contribution in [3.63, 3.8) is 0 Å². The highest BCUT2D eigenvalue weighted by molar-refractivity contribution is 5.94. The highest BCUT2D eigenvalue weighted by atomic mass is 19.4. The number of para-hydroxylation sites is 1. The molecule has 0 radical (unpaired) electrons. The van der Waals surface area contributed by atoms with Crippen LogP contribution in [0.5, 0.6) is 11.5 Å². The van der Waals surface area contributed by atoms with Gasteiger partial charge in [0.05, 0.1) is 0 Å². The second kappa shape index (κ2) is 7.72. The van der Waals surface area contributed by atoms with Gasteiger partial charge in [0, 0.05) is 5.69 Å². The lowest BCUT2D eigenvalue weighted by atomic mass is 10.2. The van der Waals surface area contributed by atoms with E-state index in [1.807, 2.05) is 6.07 Å². The number of hydrogen-bond acceptors (Lipinski definition) is 3. The summed E-state index contributed by atoms with van der Waals surface area (Å²) >= 11 is 0. The van der Waals surface area contributed by atoms with Gasteiger partial charge in [-0.2, -0.15) is 13.2 Å². The molecular formula is C17H16F3NO3. The van der Waals surface area contributed by atoms with Gasteiger partial charge in [0.2, 0.25) is 0 Å². The van der Waals surface area contributed by atoms with Gasteiger partial charge in [-0.1, -0.05) is 18.2 Å². The molecule has 1 unspecified atom stereocenters. The number of carbonyl (C=O) groups is 1. The van der Waals surface area contributed by atoms with Crippen LogP contribution in [-0.4, -0.2) is 24.8 Å². The summed E-state index contributed by atoms with van der Waals surface area (Å²) < 4.78 is 46.3. The smallest absolute Gasteiger partial charge is 0.422 e. The molecule has 0 bridgehead atoms. The van der Waals surface area contributed by atoms with E-state index in [2.05, 4.69) is 10.1 Å². The average Bonchev–Trinajstić information content (AvgIpc) is 2.54. The van der Waals surface area contributed by atoms with E-state index < -0.39 is 18.9 Å². The van der Waals surface area contributed by atoms with Gasteiger partial charge >= 0.3 is 6.18 Å². The van der Waals surface area contributed by atoms with Crippen molar-refractivity contribution in [3.05, 3.63) is 54.6 Å². The van der Waals surface area contributed by atoms with Crippen LogP contribution in [0.4, 0.5) is 18.9 Å². The summed E-state index contributed by atoms with van der Waals surface area (Å²) in [6.45, 7) is 0.240. The molecule has 0 saturated carbocycles. The van der Waals surface area contributed by atoms with E-state index in [0.29, 0.717) is 11.4 Å². The second-order valence-corrected chi connectivity index (χ2v) is 4.99. The molecule has 2 aromatic rings. The Morgan fingerprint density at radius 3 is 2.25 bits per heavy atom. The van der Waals surface area contributed by atoms with E-state index in [1.54, 1.807) is 31.2 Å². The highest BCUT2D eigenvalue weighted by Crippen LogP contribution is 2.20. The number of alkyl halides is 3. The molecule has 7 heteroatoms. The van der Waals surface area contributed by atoms with Gasteiger partial charge in [-0.25, -0.2) is 0 Å². The van der Waals surface area contributed by atoms with E-state index in [4.69, 9.17) is 4.74 Å². The quantitative estimate of drug-likeness (QED) is 0.864. The first-order valence-electron chi connectivity index (χ1n) is 7.16. The fraction of sp³-hybridized carbons (Fsp3) is 0.235. The molecule has 0 saturated heterocycles. The molecular weight excluding hydrogens is 323 g/mol. The van der Waals surface area contributed by atoms with Crippen molar-refractivity contribution < 1.29 is 27.4 Å². The number of anilines is 1. The van der Waals surface area contributed by atoms with Gasteiger partial charge in [-0.3, -0.25) is 4.79 Å². The van der Waals surface area contributed by atoms with Gasteiger partial charge in [0.1, 0.15) is 11.5 Å². The van der Waals surface area contributed by atoms with Crippen molar-refractivity contribution in [1.29, 1.82) is 0 Å². The van der Waals surface area contributed by atoms with Crippen LogP contribution in [0.2, 0.25) is 0 Å². The lowest BCUT2D eigenvalue weighted by molar-refractivity contribution is -0.153. The summed E-state index contributed by atoms with van der Waals surface area (Å²) in [5.41, 5.74) is 0.433. The molecule has 128 valence electrons. The van der Waals surface area contributed by atoms with Crippen molar-refractivity contribution in [3.8, 4) is 11.5 Å². The number of hydrogen-bond donors (Lipinski definition) is 1. The van der Waals surface area contributed by atoms with Gasteiger partial charge in [0.25, 0.3) is 5.91 Å². The van der Waals surface area contributed by atoms with Gasteiger partial charge < -0.3 is 14.8 Å². The summed E-state index contributed by atoms with van der Waals surface area (Å²) in [7, 11) is 0.